The molecule has 4 nitrogen and oxygen atoms in total. The molecular formula is C11H20N4. The van der Waals surface area contributed by atoms with Gasteiger partial charge < -0.3 is 0 Å². The monoisotopic (exact) mass is 208 g/mol. The van der Waals surface area contributed by atoms with E-state index < -0.39 is 0 Å². The molecule has 0 aliphatic carbocycles. The van der Waals surface area contributed by atoms with E-state index in [0.29, 0.717) is 0 Å². The topological polar surface area (TPSA) is 55.9 Å². The summed E-state index contributed by atoms with van der Waals surface area (Å²) in [6.45, 7) is 7.84. The van der Waals surface area contributed by atoms with Gasteiger partial charge in [-0.05, 0) is 32.3 Å². The smallest absolute Gasteiger partial charge is 0.0628 e. The maximum Gasteiger partial charge on any atom is 0.0628 e. The summed E-state index contributed by atoms with van der Waals surface area (Å²) in [4.78, 5) is 0. The number of aromatic nitrogens is 2. The maximum atomic E-state index is 5.49. The van der Waals surface area contributed by atoms with Gasteiger partial charge in [-0.25, -0.2) is 0 Å². The number of aryl methyl sites for hydroxylation is 2. The molecule has 0 fully saturated rings. The van der Waals surface area contributed by atoms with Crippen LogP contribution in [0.15, 0.2) is 12.7 Å². The van der Waals surface area contributed by atoms with Crippen molar-refractivity contribution in [2.75, 3.05) is 0 Å². The van der Waals surface area contributed by atoms with Crippen molar-refractivity contribution in [3.8, 4) is 0 Å². The average molecular weight is 208 g/mol. The Balaban J connectivity index is 2.82. The minimum atomic E-state index is 0.240. The van der Waals surface area contributed by atoms with Crippen molar-refractivity contribution in [3.05, 3.63) is 29.6 Å². The quantitative estimate of drug-likeness (QED) is 0.431. The molecule has 0 amide bonds. The van der Waals surface area contributed by atoms with E-state index in [4.69, 9.17) is 5.84 Å². The Bertz CT molecular complexity index is 341. The van der Waals surface area contributed by atoms with Crippen molar-refractivity contribution in [1.29, 1.82) is 0 Å². The fourth-order valence-electron chi connectivity index (χ4n) is 1.77. The molecule has 1 rings (SSSR count). The fraction of sp³-hybridized carbons (Fsp3) is 0.545. The molecule has 0 aromatic carbocycles. The lowest BCUT2D eigenvalue weighted by Gasteiger charge is -2.13. The van der Waals surface area contributed by atoms with E-state index in [0.717, 1.165) is 18.5 Å². The largest absolute Gasteiger partial charge is 0.272 e. The SMILES string of the molecule is C=CCC(Cc1c(C)nn(C)c1C)NN. The van der Waals surface area contributed by atoms with Gasteiger partial charge in [0.25, 0.3) is 0 Å². The summed E-state index contributed by atoms with van der Waals surface area (Å²) in [5.41, 5.74) is 6.37. The summed E-state index contributed by atoms with van der Waals surface area (Å²) < 4.78 is 1.91. The van der Waals surface area contributed by atoms with E-state index in [1.807, 2.05) is 24.7 Å². The molecule has 0 saturated carbocycles. The zero-order valence-corrected chi connectivity index (χ0v) is 9.75. The zero-order valence-electron chi connectivity index (χ0n) is 9.75. The third-order valence-electron chi connectivity index (χ3n) is 2.80. The summed E-state index contributed by atoms with van der Waals surface area (Å²) in [7, 11) is 1.96. The van der Waals surface area contributed by atoms with Crippen LogP contribution >= 0.6 is 0 Å². The molecule has 0 spiro atoms. The lowest BCUT2D eigenvalue weighted by molar-refractivity contribution is 0.529. The second-order valence-corrected chi connectivity index (χ2v) is 3.87. The second kappa shape index (κ2) is 5.09. The highest BCUT2D eigenvalue weighted by Gasteiger charge is 2.13. The lowest BCUT2D eigenvalue weighted by Crippen LogP contribution is -2.36. The average Bonchev–Trinajstić information content (AvgIpc) is 2.44. The molecule has 1 atom stereocenters. The highest BCUT2D eigenvalue weighted by molar-refractivity contribution is 5.25. The number of nitrogens with zero attached hydrogens (tertiary/aromatic N) is 2. The van der Waals surface area contributed by atoms with Crippen LogP contribution in [-0.4, -0.2) is 15.8 Å². The Kier molecular flexibility index (Phi) is 4.05. The number of hydrogen-bond acceptors (Lipinski definition) is 3. The molecule has 1 aromatic heterocycles. The van der Waals surface area contributed by atoms with Gasteiger partial charge in [0.15, 0.2) is 0 Å². The predicted octanol–water partition coefficient (Wildman–Crippen LogP) is 0.987. The van der Waals surface area contributed by atoms with Crippen LogP contribution in [0.5, 0.6) is 0 Å². The van der Waals surface area contributed by atoms with Gasteiger partial charge in [0.2, 0.25) is 0 Å². The summed E-state index contributed by atoms with van der Waals surface area (Å²) in [5, 5.41) is 4.38. The number of hydrazine groups is 1. The Morgan fingerprint density at radius 2 is 2.27 bits per heavy atom. The fourth-order valence-corrected chi connectivity index (χ4v) is 1.77. The van der Waals surface area contributed by atoms with Gasteiger partial charge in [-0.15, -0.1) is 6.58 Å². The Morgan fingerprint density at radius 3 is 2.67 bits per heavy atom. The van der Waals surface area contributed by atoms with Gasteiger partial charge in [-0.2, -0.15) is 5.10 Å². The number of nitrogens with two attached hydrogens (primary N) is 1. The minimum Gasteiger partial charge on any atom is -0.272 e. The summed E-state index contributed by atoms with van der Waals surface area (Å²) in [6.07, 6.45) is 3.64. The van der Waals surface area contributed by atoms with Crippen LogP contribution in [0.3, 0.4) is 0 Å². The van der Waals surface area contributed by atoms with Gasteiger partial charge in [0.1, 0.15) is 0 Å². The highest BCUT2D eigenvalue weighted by Crippen LogP contribution is 2.15. The van der Waals surface area contributed by atoms with Crippen molar-refractivity contribution in [2.24, 2.45) is 12.9 Å². The van der Waals surface area contributed by atoms with Crippen molar-refractivity contribution >= 4 is 0 Å². The molecule has 3 N–H and O–H groups in total. The molecule has 0 radical (unpaired) electrons. The normalized spacial score (nSPS) is 12.8. The molecule has 0 aliphatic rings. The summed E-state index contributed by atoms with van der Waals surface area (Å²) >= 11 is 0. The molecule has 0 bridgehead atoms. The first-order valence-corrected chi connectivity index (χ1v) is 5.16. The van der Waals surface area contributed by atoms with Crippen molar-refractivity contribution in [2.45, 2.75) is 32.7 Å². The van der Waals surface area contributed by atoms with E-state index in [1.165, 1.54) is 11.3 Å². The van der Waals surface area contributed by atoms with Crippen LogP contribution in [0.4, 0.5) is 0 Å². The molecular weight excluding hydrogens is 188 g/mol. The second-order valence-electron chi connectivity index (χ2n) is 3.87. The molecule has 0 saturated heterocycles. The van der Waals surface area contributed by atoms with Crippen molar-refractivity contribution in [1.82, 2.24) is 15.2 Å². The first kappa shape index (κ1) is 11.9. The Labute approximate surface area is 91.1 Å². The molecule has 1 aromatic rings. The molecule has 4 heteroatoms. The first-order valence-electron chi connectivity index (χ1n) is 5.16. The van der Waals surface area contributed by atoms with Crippen LogP contribution in [0.25, 0.3) is 0 Å². The zero-order chi connectivity index (χ0) is 11.4. The number of rotatable bonds is 5. The first-order chi connectivity index (χ1) is 7.10. The number of hydrogen-bond donors (Lipinski definition) is 2. The van der Waals surface area contributed by atoms with Crippen molar-refractivity contribution < 1.29 is 0 Å². The van der Waals surface area contributed by atoms with E-state index in [9.17, 15) is 0 Å². The molecule has 1 unspecified atom stereocenters. The Hall–Kier alpha value is -1.13. The van der Waals surface area contributed by atoms with E-state index >= 15 is 0 Å². The highest BCUT2D eigenvalue weighted by atomic mass is 15.3. The van der Waals surface area contributed by atoms with Gasteiger partial charge in [0.05, 0.1) is 5.69 Å². The summed E-state index contributed by atoms with van der Waals surface area (Å²) in [6, 6.07) is 0.240. The lowest BCUT2D eigenvalue weighted by atomic mass is 10.0. The third-order valence-corrected chi connectivity index (χ3v) is 2.80. The maximum absolute atomic E-state index is 5.49. The van der Waals surface area contributed by atoms with Crippen molar-refractivity contribution in [3.63, 3.8) is 0 Å². The van der Waals surface area contributed by atoms with Gasteiger partial charge in [-0.3, -0.25) is 16.0 Å². The Morgan fingerprint density at radius 1 is 1.60 bits per heavy atom. The summed E-state index contributed by atoms with van der Waals surface area (Å²) in [5.74, 6) is 5.49. The molecule has 15 heavy (non-hydrogen) atoms. The van der Waals surface area contributed by atoms with Crippen LogP contribution < -0.4 is 11.3 Å². The molecule has 84 valence electrons. The van der Waals surface area contributed by atoms with Gasteiger partial charge >= 0.3 is 0 Å². The van der Waals surface area contributed by atoms with Gasteiger partial charge in [0, 0.05) is 18.8 Å². The number of nitrogens with one attached hydrogen (secondary N) is 1. The third kappa shape index (κ3) is 2.67. The van der Waals surface area contributed by atoms with Crippen LogP contribution in [-0.2, 0) is 13.5 Å². The van der Waals surface area contributed by atoms with Crippen LogP contribution in [0, 0.1) is 13.8 Å². The van der Waals surface area contributed by atoms with Crippen LogP contribution in [0.1, 0.15) is 23.4 Å². The van der Waals surface area contributed by atoms with Gasteiger partial charge in [-0.1, -0.05) is 6.08 Å². The molecule has 1 heterocycles. The minimum absolute atomic E-state index is 0.240. The van der Waals surface area contributed by atoms with E-state index in [-0.39, 0.29) is 6.04 Å². The van der Waals surface area contributed by atoms with E-state index in [2.05, 4.69) is 24.0 Å². The molecule has 0 aliphatic heterocycles. The standard InChI is InChI=1S/C11H20N4/c1-5-6-10(13-12)7-11-8(2)14-15(4)9(11)3/h5,10,13H,1,6-7,12H2,2-4H3. The predicted molar refractivity (Wildman–Crippen MR) is 62.3 cm³/mol. The van der Waals surface area contributed by atoms with Crippen LogP contribution in [0.2, 0.25) is 0 Å². The van der Waals surface area contributed by atoms with E-state index in [1.54, 1.807) is 0 Å².